The normalized spacial score (nSPS) is 10.8. The molecule has 2 heteroatoms. The van der Waals surface area contributed by atoms with Crippen LogP contribution in [0.3, 0.4) is 0 Å². The molecule has 74 valence electrons. The van der Waals surface area contributed by atoms with Gasteiger partial charge in [0, 0.05) is 11.8 Å². The summed E-state index contributed by atoms with van der Waals surface area (Å²) in [6.45, 7) is 3.58. The Hall–Kier alpha value is -0.780. The van der Waals surface area contributed by atoms with Crippen LogP contribution in [0.25, 0.3) is 0 Å². The molecule has 0 aromatic rings. The molecule has 2 N–H and O–H groups in total. The zero-order valence-electron chi connectivity index (χ0n) is 8.00. The van der Waals surface area contributed by atoms with Crippen molar-refractivity contribution in [1.29, 1.82) is 0 Å². The summed E-state index contributed by atoms with van der Waals surface area (Å²) in [5.74, 6) is 2.54. The van der Waals surface area contributed by atoms with Gasteiger partial charge in [-0.3, -0.25) is 0 Å². The molecule has 0 aliphatic heterocycles. The van der Waals surface area contributed by atoms with E-state index in [1.54, 1.807) is 6.08 Å². The minimum absolute atomic E-state index is 0.0138. The number of hydrogen-bond donors (Lipinski definition) is 2. The Labute approximate surface area is 80.3 Å². The van der Waals surface area contributed by atoms with E-state index in [1.165, 1.54) is 0 Å². The van der Waals surface area contributed by atoms with E-state index in [0.29, 0.717) is 12.8 Å². The minimum atomic E-state index is -0.418. The van der Waals surface area contributed by atoms with Crippen LogP contribution in [-0.4, -0.2) is 23.4 Å². The Morgan fingerprint density at radius 2 is 2.00 bits per heavy atom. The van der Waals surface area contributed by atoms with Crippen LogP contribution >= 0.6 is 0 Å². The molecular weight excluding hydrogens is 164 g/mol. The molecule has 0 unspecified atom stereocenters. The first kappa shape index (κ1) is 12.2. The molecule has 0 saturated carbocycles. The zero-order valence-corrected chi connectivity index (χ0v) is 8.00. The van der Waals surface area contributed by atoms with Crippen molar-refractivity contribution in [2.24, 2.45) is 5.41 Å². The highest BCUT2D eigenvalue weighted by Gasteiger charge is 2.26. The van der Waals surface area contributed by atoms with Gasteiger partial charge in [-0.1, -0.05) is 6.08 Å². The van der Waals surface area contributed by atoms with Gasteiger partial charge < -0.3 is 10.2 Å². The number of hydrogen-bond acceptors (Lipinski definition) is 2. The Bertz CT molecular complexity index is 175. The highest BCUT2D eigenvalue weighted by atomic mass is 16.3. The van der Waals surface area contributed by atoms with Crippen LogP contribution in [-0.2, 0) is 0 Å². The monoisotopic (exact) mass is 182 g/mol. The second-order valence-electron chi connectivity index (χ2n) is 3.37. The Morgan fingerprint density at radius 3 is 2.38 bits per heavy atom. The molecule has 0 aliphatic carbocycles. The Kier molecular flexibility index (Phi) is 6.30. The minimum Gasteiger partial charge on any atom is -0.396 e. The van der Waals surface area contributed by atoms with Crippen molar-refractivity contribution >= 4 is 0 Å². The topological polar surface area (TPSA) is 40.5 Å². The van der Waals surface area contributed by atoms with Crippen molar-refractivity contribution in [3.63, 3.8) is 0 Å². The second kappa shape index (κ2) is 6.71. The van der Waals surface area contributed by atoms with E-state index in [-0.39, 0.29) is 13.2 Å². The number of rotatable bonds is 7. The lowest BCUT2D eigenvalue weighted by Gasteiger charge is -2.28. The summed E-state index contributed by atoms with van der Waals surface area (Å²) in [7, 11) is 0. The van der Waals surface area contributed by atoms with Gasteiger partial charge in [0.2, 0.25) is 0 Å². The fourth-order valence-electron chi connectivity index (χ4n) is 1.31. The SMILES string of the molecule is C#CCCCC(CO)(CO)CC=C. The Morgan fingerprint density at radius 1 is 1.38 bits per heavy atom. The fourth-order valence-corrected chi connectivity index (χ4v) is 1.31. The number of allylic oxidation sites excluding steroid dienone is 1. The van der Waals surface area contributed by atoms with E-state index < -0.39 is 5.41 Å². The van der Waals surface area contributed by atoms with Crippen molar-refractivity contribution in [3.8, 4) is 12.3 Å². The lowest BCUT2D eigenvalue weighted by molar-refractivity contribution is 0.0482. The maximum atomic E-state index is 9.15. The molecule has 0 aromatic carbocycles. The molecular formula is C11H18O2. The van der Waals surface area contributed by atoms with Crippen LogP contribution < -0.4 is 0 Å². The van der Waals surface area contributed by atoms with E-state index in [9.17, 15) is 0 Å². The zero-order chi connectivity index (χ0) is 10.2. The average Bonchev–Trinajstić information content (AvgIpc) is 2.17. The number of aliphatic hydroxyl groups excluding tert-OH is 2. The van der Waals surface area contributed by atoms with Gasteiger partial charge in [0.25, 0.3) is 0 Å². The average molecular weight is 182 g/mol. The lowest BCUT2D eigenvalue weighted by Crippen LogP contribution is -2.29. The van der Waals surface area contributed by atoms with E-state index in [1.807, 2.05) is 0 Å². The van der Waals surface area contributed by atoms with Crippen molar-refractivity contribution in [2.45, 2.75) is 25.7 Å². The van der Waals surface area contributed by atoms with Gasteiger partial charge in [-0.2, -0.15) is 0 Å². The van der Waals surface area contributed by atoms with E-state index >= 15 is 0 Å². The number of aliphatic hydroxyl groups is 2. The number of unbranched alkanes of at least 4 members (excludes halogenated alkanes) is 1. The molecule has 2 nitrogen and oxygen atoms in total. The molecule has 0 fully saturated rings. The Balaban J connectivity index is 4.05. The summed E-state index contributed by atoms with van der Waals surface area (Å²) < 4.78 is 0. The van der Waals surface area contributed by atoms with Crippen LogP contribution in [0, 0.1) is 17.8 Å². The van der Waals surface area contributed by atoms with E-state index in [0.717, 1.165) is 12.8 Å². The molecule has 0 radical (unpaired) electrons. The fraction of sp³-hybridized carbons (Fsp3) is 0.636. The quantitative estimate of drug-likeness (QED) is 0.354. The summed E-state index contributed by atoms with van der Waals surface area (Å²) in [6.07, 6.45) is 9.75. The smallest absolute Gasteiger partial charge is 0.0512 e. The maximum Gasteiger partial charge on any atom is 0.0512 e. The molecule has 0 spiro atoms. The molecule has 0 saturated heterocycles. The summed E-state index contributed by atoms with van der Waals surface area (Å²) in [5, 5.41) is 18.3. The third-order valence-electron chi connectivity index (χ3n) is 2.28. The van der Waals surface area contributed by atoms with Gasteiger partial charge in [-0.05, 0) is 19.3 Å². The van der Waals surface area contributed by atoms with Crippen molar-refractivity contribution in [1.82, 2.24) is 0 Å². The van der Waals surface area contributed by atoms with Gasteiger partial charge in [-0.15, -0.1) is 18.9 Å². The highest BCUT2D eigenvalue weighted by molar-refractivity contribution is 4.89. The standard InChI is InChI=1S/C11H18O2/c1-3-5-6-8-11(9-12,10-13)7-4-2/h1,4,12-13H,2,5-10H2. The largest absolute Gasteiger partial charge is 0.396 e. The first-order valence-electron chi connectivity index (χ1n) is 4.51. The van der Waals surface area contributed by atoms with Gasteiger partial charge >= 0.3 is 0 Å². The third-order valence-corrected chi connectivity index (χ3v) is 2.28. The summed E-state index contributed by atoms with van der Waals surface area (Å²) in [5.41, 5.74) is -0.418. The molecule has 0 atom stereocenters. The van der Waals surface area contributed by atoms with Gasteiger partial charge in [0.1, 0.15) is 0 Å². The second-order valence-corrected chi connectivity index (χ2v) is 3.37. The lowest BCUT2D eigenvalue weighted by atomic mass is 9.81. The third kappa shape index (κ3) is 4.12. The van der Waals surface area contributed by atoms with Crippen LogP contribution in [0.1, 0.15) is 25.7 Å². The summed E-state index contributed by atoms with van der Waals surface area (Å²) >= 11 is 0. The number of terminal acetylenes is 1. The molecule has 0 amide bonds. The first-order valence-corrected chi connectivity index (χ1v) is 4.51. The van der Waals surface area contributed by atoms with Crippen molar-refractivity contribution in [3.05, 3.63) is 12.7 Å². The van der Waals surface area contributed by atoms with Gasteiger partial charge in [0.05, 0.1) is 13.2 Å². The van der Waals surface area contributed by atoms with E-state index in [2.05, 4.69) is 12.5 Å². The van der Waals surface area contributed by atoms with Crippen LogP contribution in [0.15, 0.2) is 12.7 Å². The summed E-state index contributed by atoms with van der Waals surface area (Å²) in [6, 6.07) is 0. The summed E-state index contributed by atoms with van der Waals surface area (Å²) in [4.78, 5) is 0. The predicted molar refractivity (Wildman–Crippen MR) is 54.1 cm³/mol. The predicted octanol–water partition coefficient (Wildman–Crippen LogP) is 1.34. The highest BCUT2D eigenvalue weighted by Crippen LogP contribution is 2.28. The molecule has 0 rings (SSSR count). The first-order chi connectivity index (χ1) is 6.24. The van der Waals surface area contributed by atoms with Gasteiger partial charge in [0.15, 0.2) is 0 Å². The van der Waals surface area contributed by atoms with E-state index in [4.69, 9.17) is 16.6 Å². The molecule has 0 bridgehead atoms. The molecule has 13 heavy (non-hydrogen) atoms. The maximum absolute atomic E-state index is 9.15. The van der Waals surface area contributed by atoms with Crippen molar-refractivity contribution in [2.75, 3.05) is 13.2 Å². The molecule has 0 aromatic heterocycles. The van der Waals surface area contributed by atoms with Crippen LogP contribution in [0.4, 0.5) is 0 Å². The van der Waals surface area contributed by atoms with Gasteiger partial charge in [-0.25, -0.2) is 0 Å². The molecule has 0 heterocycles. The van der Waals surface area contributed by atoms with Crippen molar-refractivity contribution < 1.29 is 10.2 Å². The van der Waals surface area contributed by atoms with Crippen LogP contribution in [0.5, 0.6) is 0 Å². The molecule has 0 aliphatic rings. The van der Waals surface area contributed by atoms with Crippen LogP contribution in [0.2, 0.25) is 0 Å².